The number of hydrogen-bond acceptors (Lipinski definition) is 3. The molecule has 120 valence electrons. The van der Waals surface area contributed by atoms with E-state index in [-0.39, 0.29) is 0 Å². The molecule has 0 radical (unpaired) electrons. The summed E-state index contributed by atoms with van der Waals surface area (Å²) in [5.74, 6) is -1.04. The van der Waals surface area contributed by atoms with E-state index >= 15 is 0 Å². The molecule has 1 atom stereocenters. The molecule has 0 heterocycles. The van der Waals surface area contributed by atoms with E-state index < -0.39 is 12.0 Å². The van der Waals surface area contributed by atoms with E-state index in [0.29, 0.717) is 5.56 Å². The van der Waals surface area contributed by atoms with Crippen LogP contribution in [0.1, 0.15) is 11.6 Å². The summed E-state index contributed by atoms with van der Waals surface area (Å²) in [6.45, 7) is 0. The zero-order valence-corrected chi connectivity index (χ0v) is 13.0. The second-order valence-electron chi connectivity index (χ2n) is 5.41. The highest BCUT2D eigenvalue weighted by molar-refractivity contribution is 5.78. The number of nitrogens with zero attached hydrogens (tertiary/aromatic N) is 1. The number of aliphatic carboxylic acids is 1. The minimum absolute atomic E-state index is 0.576. The van der Waals surface area contributed by atoms with E-state index in [1.165, 1.54) is 0 Å². The van der Waals surface area contributed by atoms with Crippen molar-refractivity contribution in [2.45, 2.75) is 6.04 Å². The quantitative estimate of drug-likeness (QED) is 0.738. The zero-order valence-electron chi connectivity index (χ0n) is 13.0. The van der Waals surface area contributed by atoms with Crippen LogP contribution in [0.25, 0.3) is 0 Å². The Balaban J connectivity index is 2.02. The van der Waals surface area contributed by atoms with Crippen molar-refractivity contribution in [3.8, 4) is 0 Å². The molecule has 0 aliphatic rings. The molecule has 4 nitrogen and oxygen atoms in total. The van der Waals surface area contributed by atoms with Crippen LogP contribution in [-0.2, 0) is 4.79 Å². The summed E-state index contributed by atoms with van der Waals surface area (Å²) >= 11 is 0. The average molecular weight is 318 g/mol. The van der Waals surface area contributed by atoms with E-state index in [1.54, 1.807) is 12.1 Å². The van der Waals surface area contributed by atoms with E-state index in [2.05, 4.69) is 4.90 Å². The Bertz CT molecular complexity index is 763. The fourth-order valence-corrected chi connectivity index (χ4v) is 2.57. The van der Waals surface area contributed by atoms with Crippen molar-refractivity contribution < 1.29 is 9.90 Å². The molecule has 3 aromatic carbocycles. The molecular formula is C20H18N2O2. The molecule has 0 fully saturated rings. The lowest BCUT2D eigenvalue weighted by atomic mass is 10.1. The Hall–Kier alpha value is -3.11. The maximum Gasteiger partial charge on any atom is 0.325 e. The van der Waals surface area contributed by atoms with Crippen molar-refractivity contribution in [1.29, 1.82) is 0 Å². The van der Waals surface area contributed by atoms with Gasteiger partial charge in [0.15, 0.2) is 0 Å². The SMILES string of the molecule is N[C@H](C(=O)O)c1ccc(N(c2ccccc2)c2ccccc2)cc1. The Morgan fingerprint density at radius 2 is 1.17 bits per heavy atom. The lowest BCUT2D eigenvalue weighted by Crippen LogP contribution is -2.20. The zero-order chi connectivity index (χ0) is 16.9. The molecule has 24 heavy (non-hydrogen) atoms. The van der Waals surface area contributed by atoms with Crippen LogP contribution in [-0.4, -0.2) is 11.1 Å². The van der Waals surface area contributed by atoms with E-state index in [9.17, 15) is 4.79 Å². The number of para-hydroxylation sites is 2. The first-order chi connectivity index (χ1) is 11.7. The topological polar surface area (TPSA) is 66.6 Å². The van der Waals surface area contributed by atoms with Crippen molar-refractivity contribution in [2.75, 3.05) is 4.90 Å². The summed E-state index contributed by atoms with van der Waals surface area (Å²) < 4.78 is 0. The monoisotopic (exact) mass is 318 g/mol. The second-order valence-corrected chi connectivity index (χ2v) is 5.41. The van der Waals surface area contributed by atoms with Gasteiger partial charge in [0.1, 0.15) is 6.04 Å². The molecule has 4 heteroatoms. The van der Waals surface area contributed by atoms with Gasteiger partial charge in [-0.15, -0.1) is 0 Å². The van der Waals surface area contributed by atoms with Gasteiger partial charge in [-0.25, -0.2) is 0 Å². The molecule has 3 rings (SSSR count). The second kappa shape index (κ2) is 6.98. The Kier molecular flexibility index (Phi) is 4.59. The number of nitrogens with two attached hydrogens (primary N) is 1. The summed E-state index contributed by atoms with van der Waals surface area (Å²) in [5.41, 5.74) is 9.24. The summed E-state index contributed by atoms with van der Waals surface area (Å²) in [6, 6.07) is 26.3. The molecule has 0 unspecified atom stereocenters. The number of carboxylic acids is 1. The maximum absolute atomic E-state index is 11.0. The van der Waals surface area contributed by atoms with Gasteiger partial charge in [0.05, 0.1) is 0 Å². The van der Waals surface area contributed by atoms with Crippen LogP contribution in [0.2, 0.25) is 0 Å². The highest BCUT2D eigenvalue weighted by Crippen LogP contribution is 2.34. The van der Waals surface area contributed by atoms with Crippen molar-refractivity contribution in [3.05, 3.63) is 90.5 Å². The molecule has 0 aliphatic heterocycles. The fraction of sp³-hybridized carbons (Fsp3) is 0.0500. The standard InChI is InChI=1S/C20H18N2O2/c21-19(20(23)24)15-11-13-18(14-12-15)22(16-7-3-1-4-8-16)17-9-5-2-6-10-17/h1-14,19H,21H2,(H,23,24)/t19-/m0/s1. The highest BCUT2D eigenvalue weighted by atomic mass is 16.4. The summed E-state index contributed by atoms with van der Waals surface area (Å²) in [4.78, 5) is 13.1. The van der Waals surface area contributed by atoms with Crippen molar-refractivity contribution in [2.24, 2.45) is 5.73 Å². The smallest absolute Gasteiger partial charge is 0.325 e. The van der Waals surface area contributed by atoms with Crippen LogP contribution in [0.5, 0.6) is 0 Å². The first-order valence-electron chi connectivity index (χ1n) is 7.65. The van der Waals surface area contributed by atoms with Gasteiger partial charge >= 0.3 is 5.97 Å². The minimum Gasteiger partial charge on any atom is -0.480 e. The first-order valence-corrected chi connectivity index (χ1v) is 7.65. The molecule has 0 spiro atoms. The van der Waals surface area contributed by atoms with Crippen LogP contribution < -0.4 is 10.6 Å². The Labute approximate surface area is 140 Å². The number of hydrogen-bond donors (Lipinski definition) is 2. The number of benzene rings is 3. The van der Waals surface area contributed by atoms with Crippen molar-refractivity contribution in [1.82, 2.24) is 0 Å². The van der Waals surface area contributed by atoms with E-state index in [0.717, 1.165) is 17.1 Å². The normalized spacial score (nSPS) is 11.7. The third-order valence-corrected chi connectivity index (χ3v) is 3.81. The molecule has 0 bridgehead atoms. The number of anilines is 3. The van der Waals surface area contributed by atoms with Gasteiger partial charge in [-0.1, -0.05) is 48.5 Å². The average Bonchev–Trinajstić information content (AvgIpc) is 2.64. The highest BCUT2D eigenvalue weighted by Gasteiger charge is 2.16. The van der Waals surface area contributed by atoms with Gasteiger partial charge in [-0.05, 0) is 42.0 Å². The fourth-order valence-electron chi connectivity index (χ4n) is 2.57. The summed E-state index contributed by atoms with van der Waals surface area (Å²) in [6.07, 6.45) is 0. The first kappa shape index (κ1) is 15.8. The molecule has 0 saturated heterocycles. The van der Waals surface area contributed by atoms with Crippen LogP contribution in [0.3, 0.4) is 0 Å². The van der Waals surface area contributed by atoms with Gasteiger partial charge in [-0.2, -0.15) is 0 Å². The van der Waals surface area contributed by atoms with E-state index in [1.807, 2.05) is 72.8 Å². The molecule has 3 aromatic rings. The molecule has 0 aliphatic carbocycles. The number of carboxylic acid groups (broad SMARTS) is 1. The molecule has 0 saturated carbocycles. The third-order valence-electron chi connectivity index (χ3n) is 3.81. The van der Waals surface area contributed by atoms with Gasteiger partial charge in [0.2, 0.25) is 0 Å². The van der Waals surface area contributed by atoms with Crippen LogP contribution in [0, 0.1) is 0 Å². The molecular weight excluding hydrogens is 300 g/mol. The van der Waals surface area contributed by atoms with Crippen LogP contribution in [0.15, 0.2) is 84.9 Å². The van der Waals surface area contributed by atoms with E-state index in [4.69, 9.17) is 10.8 Å². The van der Waals surface area contributed by atoms with Gasteiger partial charge in [0, 0.05) is 17.1 Å². The molecule has 0 amide bonds. The summed E-state index contributed by atoms with van der Waals surface area (Å²) in [7, 11) is 0. The van der Waals surface area contributed by atoms with Crippen LogP contribution >= 0.6 is 0 Å². The summed E-state index contributed by atoms with van der Waals surface area (Å²) in [5, 5.41) is 9.03. The lowest BCUT2D eigenvalue weighted by molar-refractivity contribution is -0.138. The van der Waals surface area contributed by atoms with Crippen molar-refractivity contribution in [3.63, 3.8) is 0 Å². The van der Waals surface area contributed by atoms with Gasteiger partial charge < -0.3 is 15.7 Å². The molecule has 0 aromatic heterocycles. The van der Waals surface area contributed by atoms with Crippen molar-refractivity contribution >= 4 is 23.0 Å². The van der Waals surface area contributed by atoms with Gasteiger partial charge in [-0.3, -0.25) is 4.79 Å². The largest absolute Gasteiger partial charge is 0.480 e. The Morgan fingerprint density at radius 1 is 0.750 bits per heavy atom. The number of carbonyl (C=O) groups is 1. The minimum atomic E-state index is -1.04. The van der Waals surface area contributed by atoms with Gasteiger partial charge in [0.25, 0.3) is 0 Å². The predicted molar refractivity (Wildman–Crippen MR) is 95.7 cm³/mol. The lowest BCUT2D eigenvalue weighted by Gasteiger charge is -2.25. The third kappa shape index (κ3) is 3.29. The number of rotatable bonds is 5. The Morgan fingerprint density at radius 3 is 1.58 bits per heavy atom. The van der Waals surface area contributed by atoms with Crippen LogP contribution in [0.4, 0.5) is 17.1 Å². The maximum atomic E-state index is 11.0. The molecule has 3 N–H and O–H groups in total. The predicted octanol–water partition coefficient (Wildman–Crippen LogP) is 4.24.